The number of rotatable bonds is 6. The van der Waals surface area contributed by atoms with Crippen molar-refractivity contribution in [1.29, 1.82) is 0 Å². The smallest absolute Gasteiger partial charge is 0.410 e. The van der Waals surface area contributed by atoms with E-state index < -0.39 is 5.60 Å². The summed E-state index contributed by atoms with van der Waals surface area (Å²) in [6, 6.07) is 15.5. The summed E-state index contributed by atoms with van der Waals surface area (Å²) in [4.78, 5) is 14.1. The van der Waals surface area contributed by atoms with Crippen LogP contribution in [0.3, 0.4) is 0 Å². The van der Waals surface area contributed by atoms with Crippen molar-refractivity contribution in [3.05, 3.63) is 54.1 Å². The molecule has 1 fully saturated rings. The number of ether oxygens (including phenoxy) is 4. The summed E-state index contributed by atoms with van der Waals surface area (Å²) >= 11 is 0. The first-order valence-corrected chi connectivity index (χ1v) is 10.4. The second-order valence-corrected chi connectivity index (χ2v) is 8.21. The number of hydrogen-bond donors (Lipinski definition) is 0. The number of hydrogen-bond acceptors (Lipinski definition) is 5. The lowest BCUT2D eigenvalue weighted by Gasteiger charge is -2.34. The van der Waals surface area contributed by atoms with E-state index in [0.29, 0.717) is 44.2 Å². The summed E-state index contributed by atoms with van der Waals surface area (Å²) in [5.74, 6) is 2.13. The van der Waals surface area contributed by atoms with Gasteiger partial charge in [0.25, 0.3) is 0 Å². The zero-order chi connectivity index (χ0) is 21.6. The molecule has 162 valence electrons. The fraction of sp³-hybridized carbons (Fsp3) is 0.458. The lowest BCUT2D eigenvalue weighted by atomic mass is 10.1. The fourth-order valence-corrected chi connectivity index (χ4v) is 3.28. The summed E-state index contributed by atoms with van der Waals surface area (Å²) in [7, 11) is 0. The number of carbonyl (C=O) groups is 1. The Morgan fingerprint density at radius 3 is 2.43 bits per heavy atom. The Hall–Kier alpha value is -2.73. The van der Waals surface area contributed by atoms with Crippen LogP contribution in [0.2, 0.25) is 0 Å². The number of para-hydroxylation sites is 3. The van der Waals surface area contributed by atoms with Gasteiger partial charge in [0.1, 0.15) is 11.4 Å². The van der Waals surface area contributed by atoms with E-state index in [1.807, 2.05) is 76.2 Å². The predicted octanol–water partition coefficient (Wildman–Crippen LogP) is 5.06. The van der Waals surface area contributed by atoms with Crippen molar-refractivity contribution < 1.29 is 23.7 Å². The number of benzene rings is 2. The van der Waals surface area contributed by atoms with Gasteiger partial charge in [-0.2, -0.15) is 0 Å². The number of amides is 1. The second-order valence-electron chi connectivity index (χ2n) is 8.21. The maximum absolute atomic E-state index is 12.4. The van der Waals surface area contributed by atoms with Crippen LogP contribution in [-0.4, -0.2) is 49.0 Å². The van der Waals surface area contributed by atoms with Crippen LogP contribution in [0.25, 0.3) is 0 Å². The van der Waals surface area contributed by atoms with Crippen molar-refractivity contribution in [2.45, 2.75) is 45.8 Å². The molecule has 6 nitrogen and oxygen atoms in total. The van der Waals surface area contributed by atoms with Crippen LogP contribution in [0.1, 0.15) is 33.3 Å². The van der Waals surface area contributed by atoms with Crippen molar-refractivity contribution in [3.8, 4) is 17.2 Å². The third kappa shape index (κ3) is 6.13. The summed E-state index contributed by atoms with van der Waals surface area (Å²) < 4.78 is 23.3. The quantitative estimate of drug-likeness (QED) is 0.663. The van der Waals surface area contributed by atoms with E-state index in [1.165, 1.54) is 0 Å². The molecule has 2 aromatic carbocycles. The van der Waals surface area contributed by atoms with Gasteiger partial charge in [-0.05, 0) is 51.5 Å². The average Bonchev–Trinajstić information content (AvgIpc) is 2.70. The van der Waals surface area contributed by atoms with Crippen LogP contribution < -0.4 is 9.47 Å². The lowest BCUT2D eigenvalue weighted by Crippen LogP contribution is -2.48. The highest BCUT2D eigenvalue weighted by molar-refractivity contribution is 5.68. The van der Waals surface area contributed by atoms with Crippen LogP contribution in [0.5, 0.6) is 17.2 Å². The van der Waals surface area contributed by atoms with Crippen molar-refractivity contribution in [2.75, 3.05) is 26.3 Å². The Labute approximate surface area is 178 Å². The van der Waals surface area contributed by atoms with Crippen molar-refractivity contribution in [3.63, 3.8) is 0 Å². The van der Waals surface area contributed by atoms with Gasteiger partial charge < -0.3 is 23.8 Å². The first kappa shape index (κ1) is 22.0. The van der Waals surface area contributed by atoms with Gasteiger partial charge in [0, 0.05) is 13.0 Å². The van der Waals surface area contributed by atoms with E-state index >= 15 is 0 Å². The second kappa shape index (κ2) is 9.85. The average molecular weight is 414 g/mol. The highest BCUT2D eigenvalue weighted by Gasteiger charge is 2.28. The molecule has 1 heterocycles. The van der Waals surface area contributed by atoms with Crippen LogP contribution in [0.15, 0.2) is 48.5 Å². The fourth-order valence-electron chi connectivity index (χ4n) is 3.28. The summed E-state index contributed by atoms with van der Waals surface area (Å²) in [6.07, 6.45) is 0.204. The molecule has 0 aliphatic carbocycles. The Bertz CT molecular complexity index is 845. The molecule has 0 aromatic heterocycles. The van der Waals surface area contributed by atoms with Crippen LogP contribution >= 0.6 is 0 Å². The third-order valence-corrected chi connectivity index (χ3v) is 4.58. The van der Waals surface area contributed by atoms with Gasteiger partial charge in [0.2, 0.25) is 0 Å². The van der Waals surface area contributed by atoms with E-state index in [9.17, 15) is 4.79 Å². The standard InChI is InChI=1S/C24H31NO5/c1-5-27-21-12-8-9-13-22(21)29-20-11-7-6-10-18(20)16-19-17-25(14-15-28-19)23(26)30-24(2,3)4/h6-13,19H,5,14-17H2,1-4H3/t19-/m0/s1. The maximum Gasteiger partial charge on any atom is 0.410 e. The molecule has 0 spiro atoms. The highest BCUT2D eigenvalue weighted by Crippen LogP contribution is 2.33. The van der Waals surface area contributed by atoms with Crippen molar-refractivity contribution in [1.82, 2.24) is 4.90 Å². The summed E-state index contributed by atoms with van der Waals surface area (Å²) in [5, 5.41) is 0. The SMILES string of the molecule is CCOc1ccccc1Oc1ccccc1C[C@H]1CN(C(=O)OC(C)(C)C)CCO1. The normalized spacial score (nSPS) is 16.8. The zero-order valence-electron chi connectivity index (χ0n) is 18.2. The molecular weight excluding hydrogens is 382 g/mol. The molecule has 0 saturated carbocycles. The molecule has 0 bridgehead atoms. The molecular formula is C24H31NO5. The number of morpholine rings is 1. The molecule has 1 amide bonds. The van der Waals surface area contributed by atoms with E-state index in [1.54, 1.807) is 4.90 Å². The maximum atomic E-state index is 12.4. The number of nitrogens with zero attached hydrogens (tertiary/aromatic N) is 1. The predicted molar refractivity (Wildman–Crippen MR) is 115 cm³/mol. The van der Waals surface area contributed by atoms with Gasteiger partial charge in [-0.3, -0.25) is 0 Å². The summed E-state index contributed by atoms with van der Waals surface area (Å²) in [5.41, 5.74) is 0.499. The minimum absolute atomic E-state index is 0.127. The number of carbonyl (C=O) groups excluding carboxylic acids is 1. The monoisotopic (exact) mass is 413 g/mol. The van der Waals surface area contributed by atoms with Crippen LogP contribution in [0, 0.1) is 0 Å². The van der Waals surface area contributed by atoms with E-state index in [-0.39, 0.29) is 12.2 Å². The molecule has 30 heavy (non-hydrogen) atoms. The van der Waals surface area contributed by atoms with Gasteiger partial charge >= 0.3 is 6.09 Å². The van der Waals surface area contributed by atoms with Gasteiger partial charge in [0.15, 0.2) is 11.5 Å². The van der Waals surface area contributed by atoms with Crippen molar-refractivity contribution in [2.24, 2.45) is 0 Å². The highest BCUT2D eigenvalue weighted by atomic mass is 16.6. The summed E-state index contributed by atoms with van der Waals surface area (Å²) in [6.45, 7) is 9.63. The van der Waals surface area contributed by atoms with E-state index in [0.717, 1.165) is 11.3 Å². The molecule has 6 heteroatoms. The van der Waals surface area contributed by atoms with Crippen LogP contribution in [-0.2, 0) is 15.9 Å². The van der Waals surface area contributed by atoms with E-state index in [4.69, 9.17) is 18.9 Å². The minimum Gasteiger partial charge on any atom is -0.490 e. The minimum atomic E-state index is -0.515. The largest absolute Gasteiger partial charge is 0.490 e. The topological polar surface area (TPSA) is 57.2 Å². The van der Waals surface area contributed by atoms with Gasteiger partial charge in [0.05, 0.1) is 25.9 Å². The van der Waals surface area contributed by atoms with Gasteiger partial charge in [-0.25, -0.2) is 4.79 Å². The molecule has 3 rings (SSSR count). The first-order chi connectivity index (χ1) is 14.4. The Morgan fingerprint density at radius 1 is 1.07 bits per heavy atom. The lowest BCUT2D eigenvalue weighted by molar-refractivity contribution is -0.0416. The van der Waals surface area contributed by atoms with Gasteiger partial charge in [-0.15, -0.1) is 0 Å². The van der Waals surface area contributed by atoms with E-state index in [2.05, 4.69) is 0 Å². The molecule has 0 unspecified atom stereocenters. The molecule has 2 aromatic rings. The van der Waals surface area contributed by atoms with Gasteiger partial charge in [-0.1, -0.05) is 30.3 Å². The van der Waals surface area contributed by atoms with Crippen molar-refractivity contribution >= 4 is 6.09 Å². The molecule has 1 saturated heterocycles. The molecule has 1 atom stereocenters. The Morgan fingerprint density at radius 2 is 1.73 bits per heavy atom. The molecule has 0 N–H and O–H groups in total. The molecule has 1 aliphatic heterocycles. The van der Waals surface area contributed by atoms with Crippen LogP contribution in [0.4, 0.5) is 4.79 Å². The zero-order valence-corrected chi connectivity index (χ0v) is 18.2. The Balaban J connectivity index is 1.70. The molecule has 1 aliphatic rings. The Kier molecular flexibility index (Phi) is 7.21. The third-order valence-electron chi connectivity index (χ3n) is 4.58. The first-order valence-electron chi connectivity index (χ1n) is 10.4. The molecule has 0 radical (unpaired) electrons.